The summed E-state index contributed by atoms with van der Waals surface area (Å²) in [6.45, 7) is 4.24. The summed E-state index contributed by atoms with van der Waals surface area (Å²) in [6.07, 6.45) is 1.42. The van der Waals surface area contributed by atoms with Crippen molar-refractivity contribution in [2.75, 3.05) is 33.7 Å². The minimum absolute atomic E-state index is 0.0149. The van der Waals surface area contributed by atoms with E-state index in [1.54, 1.807) is 4.90 Å². The van der Waals surface area contributed by atoms with Crippen molar-refractivity contribution in [2.24, 2.45) is 11.8 Å². The van der Waals surface area contributed by atoms with Gasteiger partial charge in [0.2, 0.25) is 5.91 Å². The van der Waals surface area contributed by atoms with Crippen molar-refractivity contribution in [3.05, 3.63) is 0 Å². The van der Waals surface area contributed by atoms with Gasteiger partial charge in [0, 0.05) is 19.6 Å². The third-order valence-corrected chi connectivity index (χ3v) is 3.05. The number of carbonyl (C=O) groups is 2. The van der Waals surface area contributed by atoms with Gasteiger partial charge in [0.25, 0.3) is 0 Å². The number of nitrogens with zero attached hydrogens (tertiary/aromatic N) is 2. The van der Waals surface area contributed by atoms with Crippen molar-refractivity contribution in [1.82, 2.24) is 9.80 Å². The molecule has 0 heterocycles. The summed E-state index contributed by atoms with van der Waals surface area (Å²) in [5, 5.41) is 8.82. The zero-order valence-electron chi connectivity index (χ0n) is 10.8. The van der Waals surface area contributed by atoms with Gasteiger partial charge in [-0.3, -0.25) is 9.59 Å². The molecule has 0 bridgehead atoms. The highest BCUT2D eigenvalue weighted by molar-refractivity contribution is 5.89. The van der Waals surface area contributed by atoms with E-state index in [1.807, 2.05) is 25.9 Å². The number of likely N-dealkylation sites (N-methyl/N-ethyl adjacent to an activating group) is 1. The number of carboxylic acids is 1. The zero-order chi connectivity index (χ0) is 13.0. The molecule has 1 rings (SSSR count). The Labute approximate surface area is 102 Å². The van der Waals surface area contributed by atoms with Gasteiger partial charge < -0.3 is 14.9 Å². The second-order valence-corrected chi connectivity index (χ2v) is 4.92. The number of carbonyl (C=O) groups excluding carboxylic acids is 1. The summed E-state index contributed by atoms with van der Waals surface area (Å²) < 4.78 is 0. The van der Waals surface area contributed by atoms with Gasteiger partial charge in [-0.1, -0.05) is 6.92 Å². The van der Waals surface area contributed by atoms with Crippen molar-refractivity contribution < 1.29 is 14.7 Å². The van der Waals surface area contributed by atoms with Crippen LogP contribution in [0.25, 0.3) is 0 Å². The molecular formula is C12H22N2O3. The van der Waals surface area contributed by atoms with E-state index in [9.17, 15) is 9.59 Å². The number of carboxylic acid groups (broad SMARTS) is 1. The molecule has 0 aromatic heterocycles. The standard InChI is InChI=1S/C12H22N2O3/c1-4-5-14(7-6-13(2)3)11(15)9-8-10(9)12(16)17/h9-10H,4-8H2,1-3H3,(H,16,17). The maximum absolute atomic E-state index is 12.1. The molecule has 2 atom stereocenters. The lowest BCUT2D eigenvalue weighted by atomic mass is 10.2. The lowest BCUT2D eigenvalue weighted by molar-refractivity contribution is -0.142. The first kappa shape index (κ1) is 14.0. The number of aliphatic carboxylic acids is 1. The van der Waals surface area contributed by atoms with Crippen molar-refractivity contribution >= 4 is 11.9 Å². The highest BCUT2D eigenvalue weighted by Gasteiger charge is 2.49. The van der Waals surface area contributed by atoms with E-state index in [-0.39, 0.29) is 11.8 Å². The normalized spacial score (nSPS) is 22.6. The topological polar surface area (TPSA) is 60.9 Å². The van der Waals surface area contributed by atoms with Crippen LogP contribution in [0.15, 0.2) is 0 Å². The van der Waals surface area contributed by atoms with E-state index in [1.165, 1.54) is 0 Å². The number of amides is 1. The lowest BCUT2D eigenvalue weighted by Crippen LogP contribution is -2.38. The molecule has 98 valence electrons. The Bertz CT molecular complexity index is 291. The van der Waals surface area contributed by atoms with Crippen LogP contribution in [0.4, 0.5) is 0 Å². The highest BCUT2D eigenvalue weighted by atomic mass is 16.4. The van der Waals surface area contributed by atoms with Gasteiger partial charge >= 0.3 is 5.97 Å². The largest absolute Gasteiger partial charge is 0.481 e. The Hall–Kier alpha value is -1.10. The summed E-state index contributed by atoms with van der Waals surface area (Å²) in [5.41, 5.74) is 0. The fourth-order valence-electron chi connectivity index (χ4n) is 1.90. The van der Waals surface area contributed by atoms with E-state index < -0.39 is 11.9 Å². The monoisotopic (exact) mass is 242 g/mol. The van der Waals surface area contributed by atoms with E-state index in [0.29, 0.717) is 13.0 Å². The van der Waals surface area contributed by atoms with Crippen molar-refractivity contribution in [2.45, 2.75) is 19.8 Å². The van der Waals surface area contributed by atoms with Crippen LogP contribution in [0.5, 0.6) is 0 Å². The molecule has 1 aliphatic rings. The van der Waals surface area contributed by atoms with Crippen molar-refractivity contribution in [3.8, 4) is 0 Å². The summed E-state index contributed by atoms with van der Waals surface area (Å²) in [4.78, 5) is 26.6. The smallest absolute Gasteiger partial charge is 0.307 e. The minimum atomic E-state index is -0.840. The summed E-state index contributed by atoms with van der Waals surface area (Å²) >= 11 is 0. The molecule has 0 aromatic rings. The number of hydrogen-bond acceptors (Lipinski definition) is 3. The van der Waals surface area contributed by atoms with E-state index >= 15 is 0 Å². The van der Waals surface area contributed by atoms with Crippen molar-refractivity contribution in [1.29, 1.82) is 0 Å². The first-order chi connectivity index (χ1) is 7.97. The molecule has 0 aliphatic heterocycles. The van der Waals surface area contributed by atoms with Gasteiger partial charge in [0.15, 0.2) is 0 Å². The van der Waals surface area contributed by atoms with Crippen LogP contribution in [-0.4, -0.2) is 60.5 Å². The fraction of sp³-hybridized carbons (Fsp3) is 0.833. The van der Waals surface area contributed by atoms with Gasteiger partial charge in [0.1, 0.15) is 0 Å². The molecular weight excluding hydrogens is 220 g/mol. The second kappa shape index (κ2) is 6.00. The van der Waals surface area contributed by atoms with Crippen LogP contribution >= 0.6 is 0 Å². The van der Waals surface area contributed by atoms with Gasteiger partial charge in [-0.15, -0.1) is 0 Å². The Morgan fingerprint density at radius 2 is 1.82 bits per heavy atom. The molecule has 5 nitrogen and oxygen atoms in total. The average Bonchev–Trinajstić information content (AvgIpc) is 3.02. The summed E-state index contributed by atoms with van der Waals surface area (Å²) in [5.74, 6) is -1.55. The molecule has 1 amide bonds. The third kappa shape index (κ3) is 4.00. The van der Waals surface area contributed by atoms with Crippen molar-refractivity contribution in [3.63, 3.8) is 0 Å². The number of rotatable bonds is 7. The highest BCUT2D eigenvalue weighted by Crippen LogP contribution is 2.40. The first-order valence-corrected chi connectivity index (χ1v) is 6.13. The second-order valence-electron chi connectivity index (χ2n) is 4.92. The van der Waals surface area contributed by atoms with Crippen LogP contribution in [0.1, 0.15) is 19.8 Å². The fourth-order valence-corrected chi connectivity index (χ4v) is 1.90. The van der Waals surface area contributed by atoms with E-state index in [0.717, 1.165) is 19.5 Å². The molecule has 1 saturated carbocycles. The quantitative estimate of drug-likeness (QED) is 0.706. The van der Waals surface area contributed by atoms with Crippen LogP contribution in [0.3, 0.4) is 0 Å². The van der Waals surface area contributed by atoms with Gasteiger partial charge in [-0.25, -0.2) is 0 Å². The Morgan fingerprint density at radius 3 is 2.24 bits per heavy atom. The maximum atomic E-state index is 12.1. The SMILES string of the molecule is CCCN(CCN(C)C)C(=O)C1CC1C(=O)O. The van der Waals surface area contributed by atoms with Gasteiger partial charge in [0.05, 0.1) is 11.8 Å². The third-order valence-electron chi connectivity index (χ3n) is 3.05. The van der Waals surface area contributed by atoms with Crippen LogP contribution in [-0.2, 0) is 9.59 Å². The number of hydrogen-bond donors (Lipinski definition) is 1. The van der Waals surface area contributed by atoms with Crippen LogP contribution < -0.4 is 0 Å². The first-order valence-electron chi connectivity index (χ1n) is 6.13. The maximum Gasteiger partial charge on any atom is 0.307 e. The average molecular weight is 242 g/mol. The zero-order valence-corrected chi connectivity index (χ0v) is 10.8. The predicted octanol–water partition coefficient (Wildman–Crippen LogP) is 0.507. The molecule has 0 saturated heterocycles. The molecule has 1 fully saturated rings. The Balaban J connectivity index is 2.47. The summed E-state index contributed by atoms with van der Waals surface area (Å²) in [6, 6.07) is 0. The molecule has 0 aromatic carbocycles. The predicted molar refractivity (Wildman–Crippen MR) is 64.7 cm³/mol. The van der Waals surface area contributed by atoms with Crippen LogP contribution in [0, 0.1) is 11.8 Å². The Morgan fingerprint density at radius 1 is 1.18 bits per heavy atom. The summed E-state index contributed by atoms with van der Waals surface area (Å²) in [7, 11) is 3.93. The molecule has 1 N–H and O–H groups in total. The Kier molecular flexibility index (Phi) is 4.93. The van der Waals surface area contributed by atoms with Crippen LogP contribution in [0.2, 0.25) is 0 Å². The van der Waals surface area contributed by atoms with E-state index in [2.05, 4.69) is 0 Å². The molecule has 17 heavy (non-hydrogen) atoms. The lowest BCUT2D eigenvalue weighted by Gasteiger charge is -2.24. The van der Waals surface area contributed by atoms with Gasteiger partial charge in [-0.2, -0.15) is 0 Å². The molecule has 0 radical (unpaired) electrons. The molecule has 1 aliphatic carbocycles. The molecule has 5 heteroatoms. The minimum Gasteiger partial charge on any atom is -0.481 e. The van der Waals surface area contributed by atoms with Gasteiger partial charge in [-0.05, 0) is 26.9 Å². The van der Waals surface area contributed by atoms with E-state index in [4.69, 9.17) is 5.11 Å². The molecule has 0 spiro atoms. The molecule has 2 unspecified atom stereocenters.